The Balaban J connectivity index is 2.23. The minimum absolute atomic E-state index is 0.156. The van der Waals surface area contributed by atoms with E-state index in [4.69, 9.17) is 16.3 Å². The van der Waals surface area contributed by atoms with Gasteiger partial charge in [-0.2, -0.15) is 0 Å². The number of benzene rings is 2. The van der Waals surface area contributed by atoms with Crippen LogP contribution in [0, 0.1) is 10.1 Å². The first-order valence-electron chi connectivity index (χ1n) is 5.95. The summed E-state index contributed by atoms with van der Waals surface area (Å²) in [6.45, 7) is 0.751. The third-order valence-electron chi connectivity index (χ3n) is 2.65. The van der Waals surface area contributed by atoms with Gasteiger partial charge in [-0.15, -0.1) is 0 Å². The maximum Gasteiger partial charge on any atom is 0.313 e. The van der Waals surface area contributed by atoms with Crippen LogP contribution in [-0.4, -0.2) is 12.0 Å². The van der Waals surface area contributed by atoms with Crippen LogP contribution in [0.5, 0.6) is 11.5 Å². The predicted molar refractivity (Wildman–Crippen MR) is 77.4 cm³/mol. The van der Waals surface area contributed by atoms with E-state index < -0.39 is 4.92 Å². The molecular formula is C14H13ClN2O3. The second-order valence-electron chi connectivity index (χ2n) is 4.15. The monoisotopic (exact) mass is 292 g/mol. The lowest BCUT2D eigenvalue weighted by Crippen LogP contribution is -2.04. The van der Waals surface area contributed by atoms with Gasteiger partial charge in [-0.3, -0.25) is 10.1 Å². The Kier molecular flexibility index (Phi) is 4.55. The van der Waals surface area contributed by atoms with Crippen LogP contribution in [0.25, 0.3) is 0 Å². The quantitative estimate of drug-likeness (QED) is 0.673. The number of hydrogen-bond acceptors (Lipinski definition) is 4. The van der Waals surface area contributed by atoms with E-state index in [0.29, 0.717) is 10.8 Å². The third kappa shape index (κ3) is 3.46. The van der Waals surface area contributed by atoms with Crippen molar-refractivity contribution >= 4 is 17.3 Å². The number of rotatable bonds is 5. The van der Waals surface area contributed by atoms with Gasteiger partial charge in [0.15, 0.2) is 0 Å². The lowest BCUT2D eigenvalue weighted by Gasteiger charge is -2.07. The molecule has 0 fully saturated rings. The highest BCUT2D eigenvalue weighted by atomic mass is 35.5. The molecule has 5 nitrogen and oxygen atoms in total. The summed E-state index contributed by atoms with van der Waals surface area (Å²) in [6.07, 6.45) is 0. The molecule has 0 spiro atoms. The van der Waals surface area contributed by atoms with Crippen LogP contribution < -0.4 is 10.1 Å². The molecule has 1 N–H and O–H groups in total. The van der Waals surface area contributed by atoms with E-state index in [9.17, 15) is 10.1 Å². The summed E-state index contributed by atoms with van der Waals surface area (Å²) in [7, 11) is 1.86. The maximum absolute atomic E-state index is 11.0. The van der Waals surface area contributed by atoms with Gasteiger partial charge in [0.05, 0.1) is 4.92 Å². The average molecular weight is 293 g/mol. The van der Waals surface area contributed by atoms with E-state index in [-0.39, 0.29) is 11.4 Å². The first-order chi connectivity index (χ1) is 9.60. The first-order valence-corrected chi connectivity index (χ1v) is 6.33. The maximum atomic E-state index is 11.0. The van der Waals surface area contributed by atoms with Crippen molar-refractivity contribution in [3.63, 3.8) is 0 Å². The summed E-state index contributed by atoms with van der Waals surface area (Å²) >= 11 is 5.75. The van der Waals surface area contributed by atoms with Crippen molar-refractivity contribution in [2.45, 2.75) is 6.54 Å². The Morgan fingerprint density at radius 2 is 1.95 bits per heavy atom. The SMILES string of the molecule is CNCc1ccc(Oc2ccc(Cl)cc2[N+](=O)[O-])cc1. The Bertz CT molecular complexity index is 614. The molecule has 0 heterocycles. The molecule has 0 unspecified atom stereocenters. The van der Waals surface area contributed by atoms with Gasteiger partial charge in [-0.25, -0.2) is 0 Å². The van der Waals surface area contributed by atoms with Crippen LogP contribution in [0.4, 0.5) is 5.69 Å². The van der Waals surface area contributed by atoms with Gasteiger partial charge in [0.1, 0.15) is 5.75 Å². The van der Waals surface area contributed by atoms with Crippen LogP contribution in [0.2, 0.25) is 5.02 Å². The molecule has 2 aromatic carbocycles. The number of halogens is 1. The van der Waals surface area contributed by atoms with Crippen LogP contribution >= 0.6 is 11.6 Å². The molecule has 0 saturated carbocycles. The van der Waals surface area contributed by atoms with E-state index in [1.807, 2.05) is 19.2 Å². The summed E-state index contributed by atoms with van der Waals surface area (Å²) < 4.78 is 5.54. The smallest absolute Gasteiger partial charge is 0.313 e. The molecule has 0 aliphatic carbocycles. The minimum Gasteiger partial charge on any atom is -0.450 e. The summed E-state index contributed by atoms with van der Waals surface area (Å²) in [5.41, 5.74) is 0.947. The minimum atomic E-state index is -0.517. The van der Waals surface area contributed by atoms with Crippen molar-refractivity contribution in [2.75, 3.05) is 7.05 Å². The molecule has 0 atom stereocenters. The lowest BCUT2D eigenvalue weighted by molar-refractivity contribution is -0.385. The lowest BCUT2D eigenvalue weighted by atomic mass is 10.2. The molecule has 0 radical (unpaired) electrons. The molecular weight excluding hydrogens is 280 g/mol. The van der Waals surface area contributed by atoms with Gasteiger partial charge >= 0.3 is 5.69 Å². The average Bonchev–Trinajstić information content (AvgIpc) is 2.43. The van der Waals surface area contributed by atoms with Crippen molar-refractivity contribution in [3.05, 3.63) is 63.2 Å². The number of nitro groups is 1. The predicted octanol–water partition coefficient (Wildman–Crippen LogP) is 3.76. The van der Waals surface area contributed by atoms with Crippen LogP contribution in [0.15, 0.2) is 42.5 Å². The zero-order chi connectivity index (χ0) is 14.5. The topological polar surface area (TPSA) is 64.4 Å². The van der Waals surface area contributed by atoms with Crippen molar-refractivity contribution in [1.82, 2.24) is 5.32 Å². The van der Waals surface area contributed by atoms with Crippen LogP contribution in [-0.2, 0) is 6.54 Å². The molecule has 104 valence electrons. The third-order valence-corrected chi connectivity index (χ3v) is 2.88. The van der Waals surface area contributed by atoms with Crippen LogP contribution in [0.1, 0.15) is 5.56 Å². The van der Waals surface area contributed by atoms with E-state index in [0.717, 1.165) is 12.1 Å². The summed E-state index contributed by atoms with van der Waals surface area (Å²) in [6, 6.07) is 11.6. The molecule has 0 aromatic heterocycles. The summed E-state index contributed by atoms with van der Waals surface area (Å²) in [5.74, 6) is 0.705. The Labute approximate surface area is 121 Å². The first kappa shape index (κ1) is 14.3. The number of nitro benzene ring substituents is 1. The molecule has 0 amide bonds. The van der Waals surface area contributed by atoms with Crippen LogP contribution in [0.3, 0.4) is 0 Å². The second kappa shape index (κ2) is 6.36. The van der Waals surface area contributed by atoms with Crippen molar-refractivity contribution in [1.29, 1.82) is 0 Å². The van der Waals surface area contributed by atoms with E-state index in [1.54, 1.807) is 18.2 Å². The largest absolute Gasteiger partial charge is 0.450 e. The number of ether oxygens (including phenoxy) is 1. The molecule has 20 heavy (non-hydrogen) atoms. The molecule has 2 rings (SSSR count). The van der Waals surface area contributed by atoms with E-state index in [2.05, 4.69) is 5.32 Å². The number of nitrogens with zero attached hydrogens (tertiary/aromatic N) is 1. The Morgan fingerprint density at radius 1 is 1.25 bits per heavy atom. The highest BCUT2D eigenvalue weighted by Crippen LogP contribution is 2.33. The normalized spacial score (nSPS) is 10.3. The fraction of sp³-hybridized carbons (Fsp3) is 0.143. The standard InChI is InChI=1S/C14H13ClN2O3/c1-16-9-10-2-5-12(6-3-10)20-14-7-4-11(15)8-13(14)17(18)19/h2-8,16H,9H2,1H3. The Hall–Kier alpha value is -2.11. The van der Waals surface area contributed by atoms with Crippen molar-refractivity contribution < 1.29 is 9.66 Å². The van der Waals surface area contributed by atoms with Gasteiger partial charge < -0.3 is 10.1 Å². The van der Waals surface area contributed by atoms with Gasteiger partial charge in [0.2, 0.25) is 5.75 Å². The van der Waals surface area contributed by atoms with Crippen molar-refractivity contribution in [2.24, 2.45) is 0 Å². The second-order valence-corrected chi connectivity index (χ2v) is 4.58. The zero-order valence-electron chi connectivity index (χ0n) is 10.8. The molecule has 2 aromatic rings. The number of nitrogens with one attached hydrogen (secondary N) is 1. The molecule has 0 bridgehead atoms. The number of hydrogen-bond donors (Lipinski definition) is 1. The molecule has 0 aliphatic heterocycles. The van der Waals surface area contributed by atoms with E-state index in [1.165, 1.54) is 12.1 Å². The molecule has 0 saturated heterocycles. The summed E-state index contributed by atoms with van der Waals surface area (Å²) in [5, 5.41) is 14.3. The highest BCUT2D eigenvalue weighted by molar-refractivity contribution is 6.30. The van der Waals surface area contributed by atoms with Gasteiger partial charge in [-0.1, -0.05) is 23.7 Å². The highest BCUT2D eigenvalue weighted by Gasteiger charge is 2.16. The zero-order valence-corrected chi connectivity index (χ0v) is 11.6. The van der Waals surface area contributed by atoms with E-state index >= 15 is 0 Å². The van der Waals surface area contributed by atoms with Gasteiger partial charge in [-0.05, 0) is 36.9 Å². The van der Waals surface area contributed by atoms with Gasteiger partial charge in [0.25, 0.3) is 0 Å². The van der Waals surface area contributed by atoms with Crippen molar-refractivity contribution in [3.8, 4) is 11.5 Å². The molecule has 6 heteroatoms. The van der Waals surface area contributed by atoms with Gasteiger partial charge in [0, 0.05) is 17.6 Å². The fourth-order valence-electron chi connectivity index (χ4n) is 1.73. The molecule has 0 aliphatic rings. The summed E-state index contributed by atoms with van der Waals surface area (Å²) in [4.78, 5) is 10.4. The Morgan fingerprint density at radius 3 is 2.55 bits per heavy atom. The fourth-order valence-corrected chi connectivity index (χ4v) is 1.89.